The number of nitriles is 1. The highest BCUT2D eigenvalue weighted by atomic mass is 19.1. The maximum absolute atomic E-state index is 13.9. The van der Waals surface area contributed by atoms with Crippen LogP contribution in [0.4, 0.5) is 20.2 Å². The Balaban J connectivity index is 2.39. The minimum Gasteiger partial charge on any atom is -0.319 e. The zero-order valence-corrected chi connectivity index (χ0v) is 10.9. The van der Waals surface area contributed by atoms with E-state index >= 15 is 0 Å². The van der Waals surface area contributed by atoms with E-state index in [4.69, 9.17) is 10.8 Å². The molecule has 2 rings (SSSR count). The molecule has 0 saturated carbocycles. The van der Waals surface area contributed by atoms with Crippen molar-refractivity contribution < 1.29 is 13.6 Å². The van der Waals surface area contributed by atoms with E-state index in [1.54, 1.807) is 6.07 Å². The van der Waals surface area contributed by atoms with Gasteiger partial charge in [-0.15, -0.1) is 0 Å². The number of hydrogen-bond donors (Lipinski definition) is 1. The summed E-state index contributed by atoms with van der Waals surface area (Å²) in [7, 11) is 0. The van der Waals surface area contributed by atoms with Gasteiger partial charge >= 0.3 is 0 Å². The predicted octanol–water partition coefficient (Wildman–Crippen LogP) is 4.03. The third-order valence-electron chi connectivity index (χ3n) is 2.75. The highest BCUT2D eigenvalue weighted by Crippen LogP contribution is 2.24. The zero-order chi connectivity index (χ0) is 16.1. The van der Waals surface area contributed by atoms with Gasteiger partial charge in [-0.05, 0) is 23.7 Å². The van der Waals surface area contributed by atoms with Gasteiger partial charge < -0.3 is 5.32 Å². The number of carbonyl (C=O) groups excluding carboxylic acids is 1. The van der Waals surface area contributed by atoms with E-state index in [-0.39, 0.29) is 16.9 Å². The van der Waals surface area contributed by atoms with Crippen LogP contribution in [0, 0.1) is 23.0 Å². The van der Waals surface area contributed by atoms with E-state index in [0.717, 1.165) is 12.1 Å². The monoisotopic (exact) mass is 299 g/mol. The molecule has 8 heteroatoms. The molecule has 6 nitrogen and oxygen atoms in total. The first-order chi connectivity index (χ1) is 10.6. The third kappa shape index (κ3) is 2.85. The minimum absolute atomic E-state index is 0.0162. The summed E-state index contributed by atoms with van der Waals surface area (Å²) in [5, 5.41) is 14.3. The largest absolute Gasteiger partial charge is 0.319 e. The van der Waals surface area contributed by atoms with Crippen LogP contribution in [0.3, 0.4) is 0 Å². The summed E-state index contributed by atoms with van der Waals surface area (Å²) in [6.07, 6.45) is 0. The Morgan fingerprint density at radius 1 is 1.27 bits per heavy atom. The molecule has 0 heterocycles. The first kappa shape index (κ1) is 15.0. The Kier molecular flexibility index (Phi) is 4.32. The Morgan fingerprint density at radius 2 is 2.00 bits per heavy atom. The average Bonchev–Trinajstić information content (AvgIpc) is 2.51. The average molecular weight is 299 g/mol. The highest BCUT2D eigenvalue weighted by Gasteiger charge is 2.17. The second kappa shape index (κ2) is 6.35. The number of anilines is 1. The molecule has 1 N–H and O–H groups in total. The van der Waals surface area contributed by atoms with Gasteiger partial charge in [0, 0.05) is 10.5 Å². The number of halogens is 2. The molecule has 108 valence electrons. The summed E-state index contributed by atoms with van der Waals surface area (Å²) in [5.41, 5.74) is 7.39. The van der Waals surface area contributed by atoms with E-state index in [0.29, 0.717) is 0 Å². The van der Waals surface area contributed by atoms with Crippen LogP contribution in [0.25, 0.3) is 10.4 Å². The van der Waals surface area contributed by atoms with Crippen molar-refractivity contribution in [1.29, 1.82) is 5.26 Å². The number of amides is 1. The topological polar surface area (TPSA) is 102 Å². The fourth-order valence-corrected chi connectivity index (χ4v) is 1.74. The molecule has 0 aliphatic heterocycles. The lowest BCUT2D eigenvalue weighted by molar-refractivity contribution is 0.102. The van der Waals surface area contributed by atoms with Gasteiger partial charge in [0.2, 0.25) is 0 Å². The molecule has 1 amide bonds. The first-order valence-electron chi connectivity index (χ1n) is 5.92. The molecular weight excluding hydrogens is 292 g/mol. The number of benzene rings is 2. The second-order valence-electron chi connectivity index (χ2n) is 4.06. The fraction of sp³-hybridized carbons (Fsp3) is 0. The molecule has 0 spiro atoms. The summed E-state index contributed by atoms with van der Waals surface area (Å²) >= 11 is 0. The van der Waals surface area contributed by atoms with Gasteiger partial charge in [-0.2, -0.15) is 5.26 Å². The quantitative estimate of drug-likeness (QED) is 0.525. The van der Waals surface area contributed by atoms with E-state index in [1.165, 1.54) is 24.3 Å². The standard InChI is InChI=1S/C14H7F2N5O/c15-10-5-6-12(13(16)9(10)7-17)19-14(22)8-3-1-2-4-11(8)20-21-18/h1-6H,(H,19,22). The predicted molar refractivity (Wildman–Crippen MR) is 74.3 cm³/mol. The number of rotatable bonds is 3. The number of nitrogens with zero attached hydrogens (tertiary/aromatic N) is 4. The molecular formula is C14H7F2N5O. The molecule has 0 fully saturated rings. The Hall–Kier alpha value is -3.43. The summed E-state index contributed by atoms with van der Waals surface area (Å²) in [5.74, 6) is -2.94. The fourth-order valence-electron chi connectivity index (χ4n) is 1.74. The first-order valence-corrected chi connectivity index (χ1v) is 5.92. The van der Waals surface area contributed by atoms with Gasteiger partial charge in [0.25, 0.3) is 5.91 Å². The lowest BCUT2D eigenvalue weighted by Gasteiger charge is -2.09. The summed E-state index contributed by atoms with van der Waals surface area (Å²) in [4.78, 5) is 14.7. The second-order valence-corrected chi connectivity index (χ2v) is 4.06. The molecule has 0 saturated heterocycles. The van der Waals surface area contributed by atoms with Crippen molar-refractivity contribution in [3.8, 4) is 6.07 Å². The van der Waals surface area contributed by atoms with Crippen LogP contribution >= 0.6 is 0 Å². The third-order valence-corrected chi connectivity index (χ3v) is 2.75. The van der Waals surface area contributed by atoms with Crippen molar-refractivity contribution in [2.75, 3.05) is 5.32 Å². The molecule has 0 radical (unpaired) electrons. The van der Waals surface area contributed by atoms with Gasteiger partial charge in [-0.1, -0.05) is 23.3 Å². The van der Waals surface area contributed by atoms with E-state index in [2.05, 4.69) is 15.3 Å². The molecule has 2 aromatic carbocycles. The lowest BCUT2D eigenvalue weighted by Crippen LogP contribution is -2.14. The van der Waals surface area contributed by atoms with Crippen molar-refractivity contribution in [3.05, 3.63) is 69.6 Å². The lowest BCUT2D eigenvalue weighted by atomic mass is 10.1. The maximum atomic E-state index is 13.9. The van der Waals surface area contributed by atoms with Crippen LogP contribution in [-0.4, -0.2) is 5.91 Å². The minimum atomic E-state index is -1.17. The van der Waals surface area contributed by atoms with Crippen LogP contribution < -0.4 is 5.32 Å². The number of hydrogen-bond acceptors (Lipinski definition) is 3. The van der Waals surface area contributed by atoms with Crippen molar-refractivity contribution in [2.45, 2.75) is 0 Å². The molecule has 2 aromatic rings. The number of nitrogens with one attached hydrogen (secondary N) is 1. The molecule has 0 aliphatic rings. The number of azide groups is 1. The van der Waals surface area contributed by atoms with Gasteiger partial charge in [0.1, 0.15) is 17.4 Å². The van der Waals surface area contributed by atoms with Gasteiger partial charge in [0.15, 0.2) is 5.82 Å². The van der Waals surface area contributed by atoms with Crippen LogP contribution in [0.5, 0.6) is 0 Å². The molecule has 0 bridgehead atoms. The summed E-state index contributed by atoms with van der Waals surface area (Å²) < 4.78 is 27.1. The zero-order valence-electron chi connectivity index (χ0n) is 10.9. The van der Waals surface area contributed by atoms with E-state index < -0.39 is 23.1 Å². The summed E-state index contributed by atoms with van der Waals surface area (Å²) in [6.45, 7) is 0. The van der Waals surface area contributed by atoms with Crippen LogP contribution in [-0.2, 0) is 0 Å². The van der Waals surface area contributed by atoms with Crippen molar-refractivity contribution in [1.82, 2.24) is 0 Å². The highest BCUT2D eigenvalue weighted by molar-refractivity contribution is 6.07. The van der Waals surface area contributed by atoms with Crippen LogP contribution in [0.2, 0.25) is 0 Å². The molecule has 0 atom stereocenters. The smallest absolute Gasteiger partial charge is 0.256 e. The summed E-state index contributed by atoms with van der Waals surface area (Å²) in [6, 6.07) is 9.14. The van der Waals surface area contributed by atoms with Crippen LogP contribution in [0.1, 0.15) is 15.9 Å². The number of carbonyl (C=O) groups is 1. The maximum Gasteiger partial charge on any atom is 0.256 e. The Morgan fingerprint density at radius 3 is 2.68 bits per heavy atom. The van der Waals surface area contributed by atoms with Crippen LogP contribution in [0.15, 0.2) is 41.5 Å². The van der Waals surface area contributed by atoms with Gasteiger partial charge in [-0.3, -0.25) is 4.79 Å². The van der Waals surface area contributed by atoms with Crippen molar-refractivity contribution in [2.24, 2.45) is 5.11 Å². The Bertz CT molecular complexity index is 838. The normalized spacial score (nSPS) is 9.50. The van der Waals surface area contributed by atoms with Gasteiger partial charge in [-0.25, -0.2) is 8.78 Å². The Labute approximate surface area is 123 Å². The van der Waals surface area contributed by atoms with Gasteiger partial charge in [0.05, 0.1) is 11.4 Å². The van der Waals surface area contributed by atoms with E-state index in [9.17, 15) is 13.6 Å². The molecule has 0 aliphatic carbocycles. The van der Waals surface area contributed by atoms with Crippen molar-refractivity contribution in [3.63, 3.8) is 0 Å². The van der Waals surface area contributed by atoms with E-state index in [1.807, 2.05) is 0 Å². The molecule has 22 heavy (non-hydrogen) atoms. The van der Waals surface area contributed by atoms with Crippen molar-refractivity contribution >= 4 is 17.3 Å². The SMILES string of the molecule is N#Cc1c(F)ccc(NC(=O)c2ccccc2N=[N+]=[N-])c1F. The molecule has 0 aromatic heterocycles. The molecule has 0 unspecified atom stereocenters.